The van der Waals surface area contributed by atoms with Crippen LogP contribution in [0.15, 0.2) is 30.5 Å². The van der Waals surface area contributed by atoms with Crippen molar-refractivity contribution < 1.29 is 18.0 Å². The minimum Gasteiger partial charge on any atom is -0.389 e. The molecule has 0 aliphatic rings. The molecule has 21 heavy (non-hydrogen) atoms. The van der Waals surface area contributed by atoms with Crippen LogP contribution in [0, 0.1) is 0 Å². The Morgan fingerprint density at radius 2 is 2.05 bits per heavy atom. The lowest BCUT2D eigenvalue weighted by molar-refractivity contribution is -0.137. The fourth-order valence-corrected chi connectivity index (χ4v) is 1.83. The lowest BCUT2D eigenvalue weighted by Gasteiger charge is -2.14. The zero-order chi connectivity index (χ0) is 15.6. The molecular formula is C12H9F3N4OS. The molecule has 2 aromatic rings. The molecule has 0 atom stereocenters. The fraction of sp³-hybridized carbons (Fsp3) is 0.0833. The van der Waals surface area contributed by atoms with E-state index in [4.69, 9.17) is 5.73 Å². The van der Waals surface area contributed by atoms with E-state index in [0.717, 1.165) is 12.1 Å². The maximum Gasteiger partial charge on any atom is 0.417 e. The van der Waals surface area contributed by atoms with E-state index < -0.39 is 17.6 Å². The number of aromatic amines is 1. The molecule has 0 saturated heterocycles. The topological polar surface area (TPSA) is 83.8 Å². The van der Waals surface area contributed by atoms with Gasteiger partial charge in [-0.2, -0.15) is 18.3 Å². The predicted molar refractivity (Wildman–Crippen MR) is 73.9 cm³/mol. The average Bonchev–Trinajstić information content (AvgIpc) is 2.91. The second-order valence-electron chi connectivity index (χ2n) is 4.05. The van der Waals surface area contributed by atoms with Crippen molar-refractivity contribution in [3.8, 4) is 0 Å². The van der Waals surface area contributed by atoms with Crippen molar-refractivity contribution in [3.63, 3.8) is 0 Å². The molecule has 1 aromatic heterocycles. The smallest absolute Gasteiger partial charge is 0.389 e. The quantitative estimate of drug-likeness (QED) is 0.759. The molecule has 0 aliphatic carbocycles. The predicted octanol–water partition coefficient (Wildman–Crippen LogP) is 2.32. The van der Waals surface area contributed by atoms with Crippen LogP contribution < -0.4 is 11.1 Å². The number of amides is 1. The largest absolute Gasteiger partial charge is 0.417 e. The monoisotopic (exact) mass is 314 g/mol. The van der Waals surface area contributed by atoms with E-state index in [1.165, 1.54) is 18.3 Å². The number of carbonyl (C=O) groups is 1. The highest BCUT2D eigenvalue weighted by molar-refractivity contribution is 7.80. The summed E-state index contributed by atoms with van der Waals surface area (Å²) in [6.45, 7) is 0. The van der Waals surface area contributed by atoms with Gasteiger partial charge in [-0.05, 0) is 24.3 Å². The molecular weight excluding hydrogens is 305 g/mol. The summed E-state index contributed by atoms with van der Waals surface area (Å²) in [7, 11) is 0. The number of hydrogen-bond donors (Lipinski definition) is 3. The number of hydrogen-bond acceptors (Lipinski definition) is 3. The van der Waals surface area contributed by atoms with Crippen molar-refractivity contribution in [2.45, 2.75) is 6.18 Å². The summed E-state index contributed by atoms with van der Waals surface area (Å²) in [6, 6.07) is 4.58. The summed E-state index contributed by atoms with van der Waals surface area (Å²) in [5.74, 6) is -0.608. The molecule has 110 valence electrons. The Labute approximate surface area is 122 Å². The summed E-state index contributed by atoms with van der Waals surface area (Å²) in [5.41, 5.74) is 4.07. The Bertz CT molecular complexity index is 682. The molecule has 0 saturated carbocycles. The zero-order valence-corrected chi connectivity index (χ0v) is 11.2. The summed E-state index contributed by atoms with van der Waals surface area (Å²) in [5, 5.41) is 8.31. The Morgan fingerprint density at radius 3 is 2.57 bits per heavy atom. The van der Waals surface area contributed by atoms with Crippen LogP contribution in [0.1, 0.15) is 21.6 Å². The van der Waals surface area contributed by atoms with Crippen LogP contribution in [0.5, 0.6) is 0 Å². The third kappa shape index (κ3) is 3.37. The number of aromatic nitrogens is 2. The maximum atomic E-state index is 13.0. The first-order valence-electron chi connectivity index (χ1n) is 5.61. The van der Waals surface area contributed by atoms with Crippen molar-refractivity contribution >= 4 is 28.8 Å². The van der Waals surface area contributed by atoms with Gasteiger partial charge in [-0.25, -0.2) is 0 Å². The van der Waals surface area contributed by atoms with E-state index >= 15 is 0 Å². The first-order valence-corrected chi connectivity index (χ1v) is 6.01. The van der Waals surface area contributed by atoms with Gasteiger partial charge in [0.05, 0.1) is 5.56 Å². The van der Waals surface area contributed by atoms with Crippen LogP contribution in [-0.4, -0.2) is 21.1 Å². The number of nitrogens with one attached hydrogen (secondary N) is 2. The van der Waals surface area contributed by atoms with Crippen molar-refractivity contribution in [1.29, 1.82) is 0 Å². The Balaban J connectivity index is 2.34. The number of nitrogens with two attached hydrogens (primary N) is 1. The number of halogens is 3. The average molecular weight is 314 g/mol. The van der Waals surface area contributed by atoms with Crippen molar-refractivity contribution in [2.75, 3.05) is 5.32 Å². The molecule has 5 nitrogen and oxygen atoms in total. The van der Waals surface area contributed by atoms with Crippen molar-refractivity contribution in [3.05, 3.63) is 47.3 Å². The summed E-state index contributed by atoms with van der Waals surface area (Å²) in [4.78, 5) is 11.4. The van der Waals surface area contributed by atoms with Crippen molar-refractivity contribution in [1.82, 2.24) is 10.2 Å². The Morgan fingerprint density at radius 1 is 1.33 bits per heavy atom. The van der Waals surface area contributed by atoms with E-state index in [0.29, 0.717) is 0 Å². The molecule has 1 aromatic carbocycles. The van der Waals surface area contributed by atoms with Crippen LogP contribution in [0.4, 0.5) is 18.9 Å². The van der Waals surface area contributed by atoms with Gasteiger partial charge < -0.3 is 11.1 Å². The summed E-state index contributed by atoms with van der Waals surface area (Å²) < 4.78 is 38.9. The highest BCUT2D eigenvalue weighted by Gasteiger charge is 2.34. The van der Waals surface area contributed by atoms with Gasteiger partial charge in [0.15, 0.2) is 0 Å². The van der Waals surface area contributed by atoms with Crippen LogP contribution in [0.25, 0.3) is 0 Å². The molecule has 0 aliphatic heterocycles. The van der Waals surface area contributed by atoms with Gasteiger partial charge in [-0.1, -0.05) is 12.2 Å². The van der Waals surface area contributed by atoms with Gasteiger partial charge in [0.1, 0.15) is 10.7 Å². The highest BCUT2D eigenvalue weighted by atomic mass is 32.1. The van der Waals surface area contributed by atoms with Crippen LogP contribution in [0.3, 0.4) is 0 Å². The fourth-order valence-electron chi connectivity index (χ4n) is 1.65. The molecule has 4 N–H and O–H groups in total. The minimum atomic E-state index is -4.63. The molecule has 0 unspecified atom stereocenters. The first-order chi connectivity index (χ1) is 9.79. The second-order valence-corrected chi connectivity index (χ2v) is 4.49. The first kappa shape index (κ1) is 15.0. The lowest BCUT2D eigenvalue weighted by Crippen LogP contribution is -2.19. The lowest BCUT2D eigenvalue weighted by atomic mass is 10.1. The number of rotatable bonds is 3. The van der Waals surface area contributed by atoms with E-state index in [1.54, 1.807) is 0 Å². The molecule has 0 radical (unpaired) electrons. The van der Waals surface area contributed by atoms with E-state index in [-0.39, 0.29) is 21.9 Å². The number of thiocarbonyl (C=S) groups is 1. The minimum absolute atomic E-state index is 0.0260. The van der Waals surface area contributed by atoms with E-state index in [9.17, 15) is 18.0 Å². The SMILES string of the molecule is NC(=S)c1ccc(NC(=O)c2ccn[nH]2)cc1C(F)(F)F. The van der Waals surface area contributed by atoms with Crippen molar-refractivity contribution in [2.24, 2.45) is 5.73 Å². The third-order valence-electron chi connectivity index (χ3n) is 2.59. The molecule has 1 heterocycles. The summed E-state index contributed by atoms with van der Waals surface area (Å²) >= 11 is 4.59. The normalized spacial score (nSPS) is 11.2. The third-order valence-corrected chi connectivity index (χ3v) is 2.81. The van der Waals surface area contributed by atoms with Crippen LogP contribution in [0.2, 0.25) is 0 Å². The van der Waals surface area contributed by atoms with Gasteiger partial charge in [-0.3, -0.25) is 9.89 Å². The molecule has 2 rings (SSSR count). The van der Waals surface area contributed by atoms with Gasteiger partial charge in [0, 0.05) is 17.4 Å². The Hall–Kier alpha value is -2.42. The number of carbonyl (C=O) groups excluding carboxylic acids is 1. The molecule has 0 bridgehead atoms. The molecule has 1 amide bonds. The van der Waals surface area contributed by atoms with Gasteiger partial charge in [0.25, 0.3) is 5.91 Å². The number of alkyl halides is 3. The molecule has 0 spiro atoms. The second kappa shape index (κ2) is 5.52. The van der Waals surface area contributed by atoms with Crippen LogP contribution >= 0.6 is 12.2 Å². The van der Waals surface area contributed by atoms with Gasteiger partial charge in [-0.15, -0.1) is 0 Å². The Kier molecular flexibility index (Phi) is 3.94. The number of H-pyrrole nitrogens is 1. The maximum absolute atomic E-state index is 13.0. The van der Waals surface area contributed by atoms with Gasteiger partial charge in [0.2, 0.25) is 0 Å². The zero-order valence-electron chi connectivity index (χ0n) is 10.4. The highest BCUT2D eigenvalue weighted by Crippen LogP contribution is 2.33. The van der Waals surface area contributed by atoms with Gasteiger partial charge >= 0.3 is 6.18 Å². The summed E-state index contributed by atoms with van der Waals surface area (Å²) in [6.07, 6.45) is -3.28. The van der Waals surface area contributed by atoms with E-state index in [1.807, 2.05) is 0 Å². The molecule has 9 heteroatoms. The standard InChI is InChI=1S/C12H9F3N4OS/c13-12(14,15)8-5-6(1-2-7(8)10(16)21)18-11(20)9-3-4-17-19-9/h1-5H,(H2,16,21)(H,17,19)(H,18,20). The number of benzene rings is 1. The molecule has 0 fully saturated rings. The van der Waals surface area contributed by atoms with Crippen LogP contribution in [-0.2, 0) is 6.18 Å². The number of anilines is 1. The van der Waals surface area contributed by atoms with E-state index in [2.05, 4.69) is 27.7 Å². The number of nitrogens with zero attached hydrogens (tertiary/aromatic N) is 1.